The van der Waals surface area contributed by atoms with E-state index in [1.165, 1.54) is 6.20 Å². The van der Waals surface area contributed by atoms with E-state index in [0.29, 0.717) is 5.75 Å². The normalized spacial score (nSPS) is 21.1. The second-order valence-corrected chi connectivity index (χ2v) is 10.0. The fraction of sp³-hybridized carbons (Fsp3) is 0.241. The van der Waals surface area contributed by atoms with Gasteiger partial charge in [-0.05, 0) is 44.8 Å². The van der Waals surface area contributed by atoms with Gasteiger partial charge in [-0.1, -0.05) is 72.8 Å². The van der Waals surface area contributed by atoms with Gasteiger partial charge in [-0.25, -0.2) is 4.79 Å². The van der Waals surface area contributed by atoms with E-state index in [-0.39, 0.29) is 11.1 Å². The zero-order valence-electron chi connectivity index (χ0n) is 20.9. The second kappa shape index (κ2) is 11.3. The van der Waals surface area contributed by atoms with E-state index in [1.54, 1.807) is 7.11 Å². The summed E-state index contributed by atoms with van der Waals surface area (Å²) >= 11 is 3.09. The molecule has 0 amide bonds. The summed E-state index contributed by atoms with van der Waals surface area (Å²) in [6.07, 6.45) is -3.84. The SMILES string of the molecule is COc1cccc(C(OC[C@H]2O[C@@H](n3cc(Br)c(=O)[nH]c3=O)[C@H](O)[C@@H]2O)(c2ccccc2)c2ccccc2)c1. The first-order valence-electron chi connectivity index (χ1n) is 12.3. The van der Waals surface area contributed by atoms with Crippen molar-refractivity contribution in [3.8, 4) is 5.75 Å². The molecule has 4 aromatic rings. The van der Waals surface area contributed by atoms with E-state index in [9.17, 15) is 19.8 Å². The zero-order valence-corrected chi connectivity index (χ0v) is 22.5. The van der Waals surface area contributed by atoms with Crippen LogP contribution in [0, 0.1) is 0 Å². The molecule has 2 heterocycles. The number of hydrogen-bond acceptors (Lipinski definition) is 7. The minimum absolute atomic E-state index is 0.0808. The lowest BCUT2D eigenvalue weighted by Crippen LogP contribution is -2.40. The number of methoxy groups -OCH3 is 1. The van der Waals surface area contributed by atoms with Crippen LogP contribution in [0.25, 0.3) is 0 Å². The molecule has 0 spiro atoms. The first-order chi connectivity index (χ1) is 18.8. The Hall–Kier alpha value is -3.54. The highest BCUT2D eigenvalue weighted by atomic mass is 79.9. The molecule has 9 nitrogen and oxygen atoms in total. The van der Waals surface area contributed by atoms with Gasteiger partial charge in [0.1, 0.15) is 29.7 Å². The summed E-state index contributed by atoms with van der Waals surface area (Å²) in [5, 5.41) is 21.7. The number of halogens is 1. The van der Waals surface area contributed by atoms with E-state index in [4.69, 9.17) is 14.2 Å². The Labute approximate surface area is 232 Å². The second-order valence-electron chi connectivity index (χ2n) is 9.15. The summed E-state index contributed by atoms with van der Waals surface area (Å²) in [6.45, 7) is -0.144. The van der Waals surface area contributed by atoms with E-state index in [0.717, 1.165) is 21.3 Å². The van der Waals surface area contributed by atoms with E-state index in [2.05, 4.69) is 20.9 Å². The van der Waals surface area contributed by atoms with Gasteiger partial charge in [0.05, 0.1) is 18.2 Å². The number of nitrogens with zero attached hydrogens (tertiary/aromatic N) is 1. The monoisotopic (exact) mass is 594 g/mol. The van der Waals surface area contributed by atoms with Gasteiger partial charge in [-0.15, -0.1) is 0 Å². The van der Waals surface area contributed by atoms with Gasteiger partial charge in [-0.3, -0.25) is 14.3 Å². The molecule has 0 aliphatic carbocycles. The molecule has 5 rings (SSSR count). The van der Waals surface area contributed by atoms with Crippen molar-refractivity contribution in [2.45, 2.75) is 30.1 Å². The van der Waals surface area contributed by atoms with Crippen LogP contribution in [0.3, 0.4) is 0 Å². The smallest absolute Gasteiger partial charge is 0.330 e. The fourth-order valence-electron chi connectivity index (χ4n) is 4.89. The van der Waals surface area contributed by atoms with Gasteiger partial charge >= 0.3 is 5.69 Å². The molecule has 4 atom stereocenters. The lowest BCUT2D eigenvalue weighted by Gasteiger charge is -2.37. The van der Waals surface area contributed by atoms with Gasteiger partial charge in [0, 0.05) is 6.20 Å². The third-order valence-corrected chi connectivity index (χ3v) is 7.40. The van der Waals surface area contributed by atoms with E-state index >= 15 is 0 Å². The number of aromatic nitrogens is 2. The summed E-state index contributed by atoms with van der Waals surface area (Å²) in [4.78, 5) is 26.4. The molecular weight excluding hydrogens is 568 g/mol. The fourth-order valence-corrected chi connectivity index (χ4v) is 5.21. The Bertz CT molecular complexity index is 1500. The van der Waals surface area contributed by atoms with Gasteiger partial charge in [0.25, 0.3) is 5.56 Å². The maximum absolute atomic E-state index is 12.4. The van der Waals surface area contributed by atoms with Gasteiger partial charge < -0.3 is 24.4 Å². The molecule has 3 N–H and O–H groups in total. The number of benzene rings is 3. The quantitative estimate of drug-likeness (QED) is 0.268. The molecule has 202 valence electrons. The molecule has 1 saturated heterocycles. The van der Waals surface area contributed by atoms with Crippen molar-refractivity contribution < 1.29 is 24.4 Å². The van der Waals surface area contributed by atoms with Gasteiger partial charge in [0.15, 0.2) is 6.23 Å². The Kier molecular flexibility index (Phi) is 7.83. The molecule has 0 unspecified atom stereocenters. The number of ether oxygens (including phenoxy) is 3. The lowest BCUT2D eigenvalue weighted by molar-refractivity contribution is -0.0959. The number of aliphatic hydroxyl groups excluding tert-OH is 2. The molecule has 0 bridgehead atoms. The zero-order chi connectivity index (χ0) is 27.6. The summed E-state index contributed by atoms with van der Waals surface area (Å²) in [5.41, 5.74) is -0.0892. The number of aliphatic hydroxyl groups is 2. The van der Waals surface area contributed by atoms with Crippen molar-refractivity contribution in [2.24, 2.45) is 0 Å². The Balaban J connectivity index is 1.55. The topological polar surface area (TPSA) is 123 Å². The Morgan fingerprint density at radius 1 is 0.923 bits per heavy atom. The summed E-state index contributed by atoms with van der Waals surface area (Å²) in [6, 6.07) is 26.8. The van der Waals surface area contributed by atoms with Crippen molar-refractivity contribution in [1.29, 1.82) is 0 Å². The van der Waals surface area contributed by atoms with Crippen LogP contribution < -0.4 is 16.0 Å². The Morgan fingerprint density at radius 3 is 2.15 bits per heavy atom. The minimum atomic E-state index is -1.45. The van der Waals surface area contributed by atoms with Gasteiger partial charge in [-0.2, -0.15) is 0 Å². The summed E-state index contributed by atoms with van der Waals surface area (Å²) < 4.78 is 19.3. The van der Waals surface area contributed by atoms with Crippen LogP contribution in [0.2, 0.25) is 0 Å². The average Bonchev–Trinajstić information content (AvgIpc) is 3.25. The highest BCUT2D eigenvalue weighted by molar-refractivity contribution is 9.10. The van der Waals surface area contributed by atoms with Gasteiger partial charge in [0.2, 0.25) is 0 Å². The van der Waals surface area contributed by atoms with Crippen LogP contribution in [-0.4, -0.2) is 51.8 Å². The predicted octanol–water partition coefficient (Wildman–Crippen LogP) is 2.94. The van der Waals surface area contributed by atoms with Crippen molar-refractivity contribution in [3.05, 3.63) is 133 Å². The third-order valence-electron chi connectivity index (χ3n) is 6.84. The molecule has 0 saturated carbocycles. The van der Waals surface area contributed by atoms with Crippen LogP contribution >= 0.6 is 15.9 Å². The lowest BCUT2D eigenvalue weighted by atomic mass is 9.80. The summed E-state index contributed by atoms with van der Waals surface area (Å²) in [5.74, 6) is 0.642. The molecule has 10 heteroatoms. The summed E-state index contributed by atoms with van der Waals surface area (Å²) in [7, 11) is 1.59. The number of aromatic amines is 1. The van der Waals surface area contributed by atoms with Crippen LogP contribution in [0.15, 0.2) is 105 Å². The minimum Gasteiger partial charge on any atom is -0.497 e. The third kappa shape index (κ3) is 5.09. The standard InChI is InChI=1S/C29H27BrN2O7/c1-37-21-14-8-13-20(15-21)29(18-9-4-2-5-10-18,19-11-6-3-7-12-19)38-17-23-24(33)25(34)27(39-23)32-16-22(30)26(35)31-28(32)36/h2-16,23-25,27,33-34H,17H2,1H3,(H,31,35,36)/t23-,24-,25-,27-/m1/s1. The molecule has 3 aromatic carbocycles. The number of hydrogen-bond donors (Lipinski definition) is 3. The molecule has 39 heavy (non-hydrogen) atoms. The Morgan fingerprint density at radius 2 is 1.54 bits per heavy atom. The molecular formula is C29H27BrN2O7. The molecule has 1 aliphatic rings. The molecule has 1 fully saturated rings. The predicted molar refractivity (Wildman–Crippen MR) is 147 cm³/mol. The number of nitrogens with one attached hydrogen (secondary N) is 1. The van der Waals surface area contributed by atoms with Crippen LogP contribution in [0.5, 0.6) is 5.75 Å². The first kappa shape index (κ1) is 27.0. The first-order valence-corrected chi connectivity index (χ1v) is 13.1. The highest BCUT2D eigenvalue weighted by Crippen LogP contribution is 2.42. The molecule has 1 aromatic heterocycles. The number of H-pyrrole nitrogens is 1. The molecule has 1 aliphatic heterocycles. The van der Waals surface area contributed by atoms with Crippen molar-refractivity contribution >= 4 is 15.9 Å². The van der Waals surface area contributed by atoms with E-state index in [1.807, 2.05) is 84.9 Å². The van der Waals surface area contributed by atoms with E-state index < -0.39 is 41.4 Å². The van der Waals surface area contributed by atoms with Crippen molar-refractivity contribution in [2.75, 3.05) is 13.7 Å². The maximum atomic E-state index is 12.4. The largest absolute Gasteiger partial charge is 0.497 e. The highest BCUT2D eigenvalue weighted by Gasteiger charge is 2.46. The van der Waals surface area contributed by atoms with Crippen LogP contribution in [0.1, 0.15) is 22.9 Å². The van der Waals surface area contributed by atoms with Crippen molar-refractivity contribution in [1.82, 2.24) is 9.55 Å². The number of rotatable bonds is 8. The molecule has 0 radical (unpaired) electrons. The average molecular weight is 595 g/mol. The van der Waals surface area contributed by atoms with Crippen LogP contribution in [0.4, 0.5) is 0 Å². The van der Waals surface area contributed by atoms with Crippen molar-refractivity contribution in [3.63, 3.8) is 0 Å². The maximum Gasteiger partial charge on any atom is 0.330 e. The van der Waals surface area contributed by atoms with Crippen LogP contribution in [-0.2, 0) is 15.1 Å².